The maximum Gasteiger partial charge on any atom is 0.287 e. The van der Waals surface area contributed by atoms with Gasteiger partial charge in [0.15, 0.2) is 11.6 Å². The Morgan fingerprint density at radius 3 is 2.68 bits per heavy atom. The van der Waals surface area contributed by atoms with Gasteiger partial charge in [-0.2, -0.15) is 5.10 Å². The van der Waals surface area contributed by atoms with Crippen molar-refractivity contribution in [2.24, 2.45) is 0 Å². The molecule has 2 aromatic heterocycles. The standard InChI is InChI=1S/C18H18N4O3/c1-13(19-18(24)15-8-5-11-25-15)17(23)20-16-9-10-22(21-16)12-14-6-3-2-4-7-14/h2-11,13H,12H2,1H3,(H,19,24)(H,20,21,23)/t13-/m1/s1. The number of rotatable bonds is 6. The van der Waals surface area contributed by atoms with E-state index < -0.39 is 11.9 Å². The first kappa shape index (κ1) is 16.5. The molecule has 3 aromatic rings. The third-order valence-corrected chi connectivity index (χ3v) is 3.57. The molecule has 1 atom stereocenters. The van der Waals surface area contributed by atoms with Gasteiger partial charge in [-0.05, 0) is 24.6 Å². The van der Waals surface area contributed by atoms with Gasteiger partial charge in [0.1, 0.15) is 6.04 Å². The van der Waals surface area contributed by atoms with Gasteiger partial charge in [-0.25, -0.2) is 0 Å². The van der Waals surface area contributed by atoms with E-state index in [1.807, 2.05) is 30.3 Å². The van der Waals surface area contributed by atoms with Crippen LogP contribution in [0.15, 0.2) is 65.4 Å². The van der Waals surface area contributed by atoms with Crippen molar-refractivity contribution < 1.29 is 14.0 Å². The highest BCUT2D eigenvalue weighted by Crippen LogP contribution is 2.07. The average molecular weight is 338 g/mol. The van der Waals surface area contributed by atoms with Crippen LogP contribution in [-0.2, 0) is 11.3 Å². The second-order valence-corrected chi connectivity index (χ2v) is 5.55. The Bertz CT molecular complexity index is 840. The van der Waals surface area contributed by atoms with E-state index in [4.69, 9.17) is 4.42 Å². The highest BCUT2D eigenvalue weighted by atomic mass is 16.3. The van der Waals surface area contributed by atoms with E-state index >= 15 is 0 Å². The number of hydrogen-bond acceptors (Lipinski definition) is 4. The number of amides is 2. The predicted octanol–water partition coefficient (Wildman–Crippen LogP) is 2.28. The van der Waals surface area contributed by atoms with Crippen molar-refractivity contribution in [3.63, 3.8) is 0 Å². The molecule has 0 unspecified atom stereocenters. The fourth-order valence-electron chi connectivity index (χ4n) is 2.26. The Kier molecular flexibility index (Phi) is 4.94. The molecule has 0 aliphatic rings. The molecular formula is C18H18N4O3. The van der Waals surface area contributed by atoms with Crippen LogP contribution < -0.4 is 10.6 Å². The molecule has 2 N–H and O–H groups in total. The van der Waals surface area contributed by atoms with Crippen LogP contribution in [0, 0.1) is 0 Å². The highest BCUT2D eigenvalue weighted by Gasteiger charge is 2.18. The first-order chi connectivity index (χ1) is 12.1. The summed E-state index contributed by atoms with van der Waals surface area (Å²) in [6.07, 6.45) is 3.19. The minimum atomic E-state index is -0.725. The summed E-state index contributed by atoms with van der Waals surface area (Å²) >= 11 is 0. The Morgan fingerprint density at radius 1 is 1.16 bits per heavy atom. The third-order valence-electron chi connectivity index (χ3n) is 3.57. The first-order valence-corrected chi connectivity index (χ1v) is 7.84. The lowest BCUT2D eigenvalue weighted by molar-refractivity contribution is -0.117. The normalized spacial score (nSPS) is 11.7. The van der Waals surface area contributed by atoms with Crippen molar-refractivity contribution in [1.29, 1.82) is 0 Å². The van der Waals surface area contributed by atoms with Gasteiger partial charge < -0.3 is 15.1 Å². The molecule has 3 rings (SSSR count). The Morgan fingerprint density at radius 2 is 1.96 bits per heavy atom. The van der Waals surface area contributed by atoms with Crippen molar-refractivity contribution in [2.75, 3.05) is 5.32 Å². The summed E-state index contributed by atoms with van der Waals surface area (Å²) in [6.45, 7) is 2.21. The van der Waals surface area contributed by atoms with Gasteiger partial charge in [-0.3, -0.25) is 14.3 Å². The topological polar surface area (TPSA) is 89.2 Å². The summed E-state index contributed by atoms with van der Waals surface area (Å²) in [5, 5.41) is 9.56. The van der Waals surface area contributed by atoms with Crippen molar-refractivity contribution >= 4 is 17.6 Å². The molecule has 1 aromatic carbocycles. The summed E-state index contributed by atoms with van der Waals surface area (Å²) in [5.74, 6) is -0.209. The summed E-state index contributed by atoms with van der Waals surface area (Å²) in [5.41, 5.74) is 1.11. The molecule has 7 heteroatoms. The summed E-state index contributed by atoms with van der Waals surface area (Å²) < 4.78 is 6.73. The minimum absolute atomic E-state index is 0.159. The highest BCUT2D eigenvalue weighted by molar-refractivity contribution is 5.99. The number of nitrogens with one attached hydrogen (secondary N) is 2. The lowest BCUT2D eigenvalue weighted by Crippen LogP contribution is -2.41. The van der Waals surface area contributed by atoms with Gasteiger partial charge in [-0.1, -0.05) is 30.3 Å². The van der Waals surface area contributed by atoms with E-state index in [-0.39, 0.29) is 11.7 Å². The second-order valence-electron chi connectivity index (χ2n) is 5.55. The zero-order valence-electron chi connectivity index (χ0n) is 13.7. The Balaban J connectivity index is 1.55. The van der Waals surface area contributed by atoms with Gasteiger partial charge in [0.2, 0.25) is 5.91 Å². The lowest BCUT2D eigenvalue weighted by Gasteiger charge is -2.12. The molecular weight excluding hydrogens is 320 g/mol. The number of carbonyl (C=O) groups excluding carboxylic acids is 2. The quantitative estimate of drug-likeness (QED) is 0.721. The van der Waals surface area contributed by atoms with Crippen LogP contribution >= 0.6 is 0 Å². The Labute approximate surface area is 144 Å². The number of furan rings is 1. The fourth-order valence-corrected chi connectivity index (χ4v) is 2.26. The molecule has 2 amide bonds. The van der Waals surface area contributed by atoms with E-state index in [0.717, 1.165) is 5.56 Å². The van der Waals surface area contributed by atoms with Gasteiger partial charge in [0.05, 0.1) is 12.8 Å². The van der Waals surface area contributed by atoms with E-state index in [0.29, 0.717) is 12.4 Å². The van der Waals surface area contributed by atoms with E-state index in [9.17, 15) is 9.59 Å². The van der Waals surface area contributed by atoms with Crippen LogP contribution in [0.2, 0.25) is 0 Å². The Hall–Kier alpha value is -3.35. The molecule has 0 saturated carbocycles. The molecule has 2 heterocycles. The first-order valence-electron chi connectivity index (χ1n) is 7.84. The maximum atomic E-state index is 12.2. The zero-order valence-corrected chi connectivity index (χ0v) is 13.7. The minimum Gasteiger partial charge on any atom is -0.459 e. The van der Waals surface area contributed by atoms with Crippen LogP contribution in [0.1, 0.15) is 23.0 Å². The molecule has 0 spiro atoms. The van der Waals surface area contributed by atoms with Gasteiger partial charge in [-0.15, -0.1) is 0 Å². The number of benzene rings is 1. The van der Waals surface area contributed by atoms with Crippen molar-refractivity contribution in [2.45, 2.75) is 19.5 Å². The SMILES string of the molecule is C[C@@H](NC(=O)c1ccco1)C(=O)Nc1ccn(Cc2ccccc2)n1. The fraction of sp³-hybridized carbons (Fsp3) is 0.167. The molecule has 0 aliphatic heterocycles. The van der Waals surface area contributed by atoms with Crippen LogP contribution in [-0.4, -0.2) is 27.6 Å². The smallest absolute Gasteiger partial charge is 0.287 e. The zero-order chi connectivity index (χ0) is 17.6. The molecule has 25 heavy (non-hydrogen) atoms. The van der Waals surface area contributed by atoms with Crippen molar-refractivity contribution in [3.8, 4) is 0 Å². The lowest BCUT2D eigenvalue weighted by atomic mass is 10.2. The number of carbonyl (C=O) groups is 2. The largest absolute Gasteiger partial charge is 0.459 e. The molecule has 128 valence electrons. The van der Waals surface area contributed by atoms with E-state index in [1.165, 1.54) is 12.3 Å². The van der Waals surface area contributed by atoms with Crippen molar-refractivity contribution in [3.05, 3.63) is 72.3 Å². The van der Waals surface area contributed by atoms with E-state index in [1.54, 1.807) is 29.9 Å². The second kappa shape index (κ2) is 7.48. The maximum absolute atomic E-state index is 12.2. The predicted molar refractivity (Wildman–Crippen MR) is 92.0 cm³/mol. The third kappa shape index (κ3) is 4.35. The molecule has 0 bridgehead atoms. The summed E-state index contributed by atoms with van der Waals surface area (Å²) in [6, 6.07) is 14.0. The van der Waals surface area contributed by atoms with Crippen molar-refractivity contribution in [1.82, 2.24) is 15.1 Å². The van der Waals surface area contributed by atoms with E-state index in [2.05, 4.69) is 15.7 Å². The number of nitrogens with zero attached hydrogens (tertiary/aromatic N) is 2. The van der Waals surface area contributed by atoms with Gasteiger partial charge in [0.25, 0.3) is 5.91 Å². The molecule has 7 nitrogen and oxygen atoms in total. The number of hydrogen-bond donors (Lipinski definition) is 2. The van der Waals surface area contributed by atoms with Gasteiger partial charge in [0, 0.05) is 12.3 Å². The number of anilines is 1. The van der Waals surface area contributed by atoms with Crippen LogP contribution in [0.5, 0.6) is 0 Å². The van der Waals surface area contributed by atoms with Gasteiger partial charge >= 0.3 is 0 Å². The van der Waals surface area contributed by atoms with Crippen LogP contribution in [0.3, 0.4) is 0 Å². The van der Waals surface area contributed by atoms with Crippen LogP contribution in [0.4, 0.5) is 5.82 Å². The summed E-state index contributed by atoms with van der Waals surface area (Å²) in [4.78, 5) is 24.1. The van der Waals surface area contributed by atoms with Crippen LogP contribution in [0.25, 0.3) is 0 Å². The molecule has 0 saturated heterocycles. The average Bonchev–Trinajstić information content (AvgIpc) is 3.28. The summed E-state index contributed by atoms with van der Waals surface area (Å²) in [7, 11) is 0. The molecule has 0 radical (unpaired) electrons. The molecule has 0 aliphatic carbocycles. The number of aromatic nitrogens is 2. The monoisotopic (exact) mass is 338 g/mol. The molecule has 0 fully saturated rings.